The molecule has 0 N–H and O–H groups in total. The number of ether oxygens (including phenoxy) is 1. The van der Waals surface area contributed by atoms with Crippen LogP contribution in [-0.4, -0.2) is 23.3 Å². The van der Waals surface area contributed by atoms with Crippen LogP contribution in [0.5, 0.6) is 0 Å². The van der Waals surface area contributed by atoms with Crippen LogP contribution in [0.25, 0.3) is 0 Å². The van der Waals surface area contributed by atoms with E-state index in [4.69, 9.17) is 4.74 Å². The third-order valence-electron chi connectivity index (χ3n) is 2.92. The molecule has 72 valence electrons. The molecule has 1 aliphatic carbocycles. The van der Waals surface area contributed by atoms with Crippen molar-refractivity contribution < 1.29 is 14.3 Å². The summed E-state index contributed by atoms with van der Waals surface area (Å²) in [5.74, 6) is 0.307. The largest absolute Gasteiger partial charge is 0.363 e. The first-order valence-corrected chi connectivity index (χ1v) is 4.85. The molecule has 0 aromatic carbocycles. The van der Waals surface area contributed by atoms with Gasteiger partial charge in [0.1, 0.15) is 11.4 Å². The highest BCUT2D eigenvalue weighted by molar-refractivity contribution is 5.95. The van der Waals surface area contributed by atoms with Gasteiger partial charge in [-0.2, -0.15) is 0 Å². The lowest BCUT2D eigenvalue weighted by Gasteiger charge is -2.34. The number of hydrogen-bond acceptors (Lipinski definition) is 3. The van der Waals surface area contributed by atoms with Crippen molar-refractivity contribution in [1.82, 2.24) is 0 Å². The first kappa shape index (κ1) is 8.88. The zero-order valence-corrected chi connectivity index (χ0v) is 7.84. The average Bonchev–Trinajstić information content (AvgIpc) is 2.30. The molecular weight excluding hydrogens is 168 g/mol. The van der Waals surface area contributed by atoms with Gasteiger partial charge in [0.2, 0.25) is 0 Å². The zero-order valence-electron chi connectivity index (χ0n) is 7.84. The highest BCUT2D eigenvalue weighted by Crippen LogP contribution is 2.37. The number of carbonyl (C=O) groups is 2. The fraction of sp³-hybridized carbons (Fsp3) is 0.800. The predicted octanol–water partition coefficient (Wildman–Crippen LogP) is 1.25. The van der Waals surface area contributed by atoms with Crippen molar-refractivity contribution in [3.63, 3.8) is 0 Å². The molecule has 1 aliphatic heterocycles. The Morgan fingerprint density at radius 1 is 1.46 bits per heavy atom. The fourth-order valence-corrected chi connectivity index (χ4v) is 2.39. The Labute approximate surface area is 77.4 Å². The second kappa shape index (κ2) is 2.91. The van der Waals surface area contributed by atoms with Crippen LogP contribution in [0.2, 0.25) is 0 Å². The minimum atomic E-state index is -0.714. The highest BCUT2D eigenvalue weighted by Gasteiger charge is 2.48. The van der Waals surface area contributed by atoms with Gasteiger partial charge in [0.25, 0.3) is 0 Å². The van der Waals surface area contributed by atoms with E-state index < -0.39 is 5.60 Å². The summed E-state index contributed by atoms with van der Waals surface area (Å²) in [7, 11) is 0. The third kappa shape index (κ3) is 1.41. The van der Waals surface area contributed by atoms with Crippen LogP contribution in [0.3, 0.4) is 0 Å². The smallest absolute Gasteiger partial charge is 0.165 e. The van der Waals surface area contributed by atoms with Crippen molar-refractivity contribution in [2.24, 2.45) is 0 Å². The fourth-order valence-electron chi connectivity index (χ4n) is 2.39. The molecule has 0 aromatic heterocycles. The van der Waals surface area contributed by atoms with Gasteiger partial charge >= 0.3 is 0 Å². The topological polar surface area (TPSA) is 43.4 Å². The Morgan fingerprint density at radius 2 is 2.23 bits per heavy atom. The van der Waals surface area contributed by atoms with Gasteiger partial charge in [-0.25, -0.2) is 0 Å². The Morgan fingerprint density at radius 3 is 2.77 bits per heavy atom. The third-order valence-corrected chi connectivity index (χ3v) is 2.92. The Kier molecular flexibility index (Phi) is 1.99. The second-order valence-corrected chi connectivity index (χ2v) is 4.12. The molecule has 2 rings (SSSR count). The normalized spacial score (nSPS) is 40.2. The highest BCUT2D eigenvalue weighted by atomic mass is 16.5. The predicted molar refractivity (Wildman–Crippen MR) is 46.4 cm³/mol. The molecule has 2 atom stereocenters. The molecule has 2 aliphatic rings. The van der Waals surface area contributed by atoms with Crippen molar-refractivity contribution in [3.8, 4) is 0 Å². The summed E-state index contributed by atoms with van der Waals surface area (Å²) in [6, 6.07) is 0. The molecule has 3 heteroatoms. The molecule has 0 bridgehead atoms. The molecule has 1 saturated heterocycles. The summed E-state index contributed by atoms with van der Waals surface area (Å²) in [6.07, 6.45) is 2.90. The summed E-state index contributed by atoms with van der Waals surface area (Å²) in [4.78, 5) is 22.9. The zero-order chi connectivity index (χ0) is 9.47. The van der Waals surface area contributed by atoms with Gasteiger partial charge in [-0.3, -0.25) is 9.59 Å². The minimum Gasteiger partial charge on any atom is -0.363 e. The molecule has 2 fully saturated rings. The molecule has 13 heavy (non-hydrogen) atoms. The van der Waals surface area contributed by atoms with E-state index in [-0.39, 0.29) is 17.7 Å². The summed E-state index contributed by atoms with van der Waals surface area (Å²) in [6.45, 7) is 1.87. The molecule has 0 amide bonds. The van der Waals surface area contributed by atoms with E-state index in [0.29, 0.717) is 19.3 Å². The average molecular weight is 182 g/mol. The first-order chi connectivity index (χ1) is 6.12. The quantitative estimate of drug-likeness (QED) is 0.566. The second-order valence-electron chi connectivity index (χ2n) is 4.12. The molecule has 0 aromatic rings. The van der Waals surface area contributed by atoms with Gasteiger partial charge in [0.05, 0.1) is 6.10 Å². The van der Waals surface area contributed by atoms with Crippen molar-refractivity contribution in [2.75, 3.05) is 0 Å². The van der Waals surface area contributed by atoms with E-state index in [2.05, 4.69) is 0 Å². The summed E-state index contributed by atoms with van der Waals surface area (Å²) < 4.78 is 5.65. The van der Waals surface area contributed by atoms with E-state index in [0.717, 1.165) is 12.8 Å². The maximum atomic E-state index is 11.6. The molecule has 0 unspecified atom stereocenters. The van der Waals surface area contributed by atoms with Gasteiger partial charge in [-0.1, -0.05) is 0 Å². The summed E-state index contributed by atoms with van der Waals surface area (Å²) in [5.41, 5.74) is -0.714. The number of rotatable bonds is 0. The Bertz CT molecular complexity index is 259. The van der Waals surface area contributed by atoms with Gasteiger partial charge in [0.15, 0.2) is 5.78 Å². The molecule has 3 nitrogen and oxygen atoms in total. The Balaban J connectivity index is 2.21. The molecule has 1 spiro atoms. The van der Waals surface area contributed by atoms with Crippen molar-refractivity contribution in [2.45, 2.75) is 50.7 Å². The van der Waals surface area contributed by atoms with Crippen molar-refractivity contribution >= 4 is 11.6 Å². The van der Waals surface area contributed by atoms with Crippen molar-refractivity contribution in [3.05, 3.63) is 0 Å². The maximum absolute atomic E-state index is 11.6. The van der Waals surface area contributed by atoms with Gasteiger partial charge in [-0.15, -0.1) is 0 Å². The van der Waals surface area contributed by atoms with E-state index in [9.17, 15) is 9.59 Å². The van der Waals surface area contributed by atoms with E-state index in [1.165, 1.54) is 0 Å². The SMILES string of the molecule is C[C@H]1CC(=O)C[C@@]2(CCCC2=O)O1. The number of Topliss-reactive ketones (excluding diaryl/α,β-unsaturated/α-hetero) is 2. The minimum absolute atomic E-state index is 0.0803. The summed E-state index contributed by atoms with van der Waals surface area (Å²) >= 11 is 0. The van der Waals surface area contributed by atoms with E-state index in [1.807, 2.05) is 6.92 Å². The van der Waals surface area contributed by atoms with Crippen LogP contribution in [-0.2, 0) is 14.3 Å². The monoisotopic (exact) mass is 182 g/mol. The van der Waals surface area contributed by atoms with Crippen LogP contribution < -0.4 is 0 Å². The summed E-state index contributed by atoms with van der Waals surface area (Å²) in [5, 5.41) is 0. The van der Waals surface area contributed by atoms with Gasteiger partial charge in [0, 0.05) is 19.3 Å². The van der Waals surface area contributed by atoms with E-state index in [1.54, 1.807) is 0 Å². The van der Waals surface area contributed by atoms with Crippen LogP contribution >= 0.6 is 0 Å². The van der Waals surface area contributed by atoms with Gasteiger partial charge in [-0.05, 0) is 19.8 Å². The van der Waals surface area contributed by atoms with Crippen LogP contribution in [0.4, 0.5) is 0 Å². The van der Waals surface area contributed by atoms with Crippen LogP contribution in [0.1, 0.15) is 39.0 Å². The lowest BCUT2D eigenvalue weighted by atomic mass is 9.89. The molecule has 0 radical (unpaired) electrons. The molecular formula is C10H14O3. The lowest BCUT2D eigenvalue weighted by molar-refractivity contribution is -0.164. The van der Waals surface area contributed by atoms with Crippen molar-refractivity contribution in [1.29, 1.82) is 0 Å². The standard InChI is InChI=1S/C10H14O3/c1-7-5-8(11)6-10(13-7)4-2-3-9(10)12/h7H,2-6H2,1H3/t7-,10+/m0/s1. The van der Waals surface area contributed by atoms with Crippen LogP contribution in [0, 0.1) is 0 Å². The number of carbonyl (C=O) groups excluding carboxylic acids is 2. The first-order valence-electron chi connectivity index (χ1n) is 4.85. The lowest BCUT2D eigenvalue weighted by Crippen LogP contribution is -2.46. The molecule has 1 saturated carbocycles. The van der Waals surface area contributed by atoms with Crippen LogP contribution in [0.15, 0.2) is 0 Å². The van der Waals surface area contributed by atoms with E-state index >= 15 is 0 Å². The molecule has 1 heterocycles. The number of ketones is 2. The van der Waals surface area contributed by atoms with Gasteiger partial charge < -0.3 is 4.74 Å². The number of hydrogen-bond donors (Lipinski definition) is 0. The Hall–Kier alpha value is -0.700. The maximum Gasteiger partial charge on any atom is 0.165 e.